The molecule has 1 saturated heterocycles. The number of pyridine rings is 1. The van der Waals surface area contributed by atoms with E-state index >= 15 is 0 Å². The van der Waals surface area contributed by atoms with Crippen LogP contribution in [0.25, 0.3) is 0 Å². The highest BCUT2D eigenvalue weighted by molar-refractivity contribution is 14.1. The number of aromatic nitrogens is 1. The smallest absolute Gasteiger partial charge is 0.323 e. The lowest BCUT2D eigenvalue weighted by molar-refractivity contribution is 0.0957. The van der Waals surface area contributed by atoms with Crippen LogP contribution in [0.5, 0.6) is 17.2 Å². The third-order valence-corrected chi connectivity index (χ3v) is 7.07. The van der Waals surface area contributed by atoms with E-state index in [0.717, 1.165) is 42.7 Å². The topological polar surface area (TPSA) is 117 Å². The molecule has 0 radical (unpaired) electrons. The van der Waals surface area contributed by atoms with Gasteiger partial charge in [0.15, 0.2) is 0 Å². The summed E-state index contributed by atoms with van der Waals surface area (Å²) in [6, 6.07) is 13.8. The highest BCUT2D eigenvalue weighted by Crippen LogP contribution is 2.30. The summed E-state index contributed by atoms with van der Waals surface area (Å²) in [5, 5.41) is 11.7. The summed E-state index contributed by atoms with van der Waals surface area (Å²) in [5.41, 5.74) is 3.75. The van der Waals surface area contributed by atoms with Gasteiger partial charge in [-0.2, -0.15) is 0 Å². The van der Waals surface area contributed by atoms with E-state index in [1.54, 1.807) is 43.4 Å². The number of ether oxygens (including phenoxy) is 2. The Morgan fingerprint density at radius 1 is 1.05 bits per heavy atom. The number of carbonyl (C=O) groups is 2. The number of hydrogen-bond acceptors (Lipinski definition) is 7. The summed E-state index contributed by atoms with van der Waals surface area (Å²) >= 11 is 2.33. The predicted molar refractivity (Wildman–Crippen MR) is 160 cm³/mol. The van der Waals surface area contributed by atoms with Gasteiger partial charge in [0.1, 0.15) is 29.5 Å². The zero-order valence-corrected chi connectivity index (χ0v) is 24.2. The SMILES string of the molecule is CNC(=O)c1cc(Oc2ccc(NC(=O)Nc3cc(C)c(CI)cc3OCCN3CCNCC3)cc2)ccn1. The van der Waals surface area contributed by atoms with Crippen molar-refractivity contribution in [2.24, 2.45) is 0 Å². The minimum atomic E-state index is -0.374. The second-order valence-corrected chi connectivity index (χ2v) is 9.77. The van der Waals surface area contributed by atoms with Gasteiger partial charge >= 0.3 is 6.03 Å². The highest BCUT2D eigenvalue weighted by Gasteiger charge is 2.14. The molecule has 0 aliphatic carbocycles. The van der Waals surface area contributed by atoms with Crippen LogP contribution in [-0.2, 0) is 4.43 Å². The van der Waals surface area contributed by atoms with E-state index in [4.69, 9.17) is 9.47 Å². The number of nitrogens with one attached hydrogen (secondary N) is 4. The molecular formula is C28H33IN6O4. The Kier molecular flexibility index (Phi) is 10.3. The molecule has 1 aliphatic rings. The van der Waals surface area contributed by atoms with Gasteiger partial charge in [0.05, 0.1) is 5.69 Å². The van der Waals surface area contributed by atoms with Gasteiger partial charge in [0.25, 0.3) is 5.91 Å². The summed E-state index contributed by atoms with van der Waals surface area (Å²) in [4.78, 5) is 31.1. The number of halogens is 1. The summed E-state index contributed by atoms with van der Waals surface area (Å²) in [7, 11) is 1.54. The molecule has 1 aliphatic heterocycles. The van der Waals surface area contributed by atoms with Gasteiger partial charge in [-0.15, -0.1) is 0 Å². The monoisotopic (exact) mass is 644 g/mol. The molecule has 0 spiro atoms. The van der Waals surface area contributed by atoms with Gasteiger partial charge in [0.2, 0.25) is 0 Å². The molecule has 3 aromatic rings. The molecule has 4 rings (SSSR count). The summed E-state index contributed by atoms with van der Waals surface area (Å²) in [5.74, 6) is 1.41. The molecule has 0 atom stereocenters. The maximum absolute atomic E-state index is 12.9. The van der Waals surface area contributed by atoms with Crippen LogP contribution in [-0.4, -0.2) is 68.2 Å². The number of benzene rings is 2. The van der Waals surface area contributed by atoms with Gasteiger partial charge in [-0.3, -0.25) is 14.7 Å². The first kappa shape index (κ1) is 28.6. The Morgan fingerprint density at radius 3 is 2.54 bits per heavy atom. The van der Waals surface area contributed by atoms with Crippen LogP contribution >= 0.6 is 22.6 Å². The van der Waals surface area contributed by atoms with Crippen molar-refractivity contribution in [2.75, 3.05) is 57.0 Å². The van der Waals surface area contributed by atoms with Crippen molar-refractivity contribution in [3.63, 3.8) is 0 Å². The first-order chi connectivity index (χ1) is 18.9. The van der Waals surface area contributed by atoms with Crippen LogP contribution in [0.15, 0.2) is 54.7 Å². The lowest BCUT2D eigenvalue weighted by Crippen LogP contribution is -2.44. The van der Waals surface area contributed by atoms with E-state index in [1.807, 2.05) is 19.1 Å². The van der Waals surface area contributed by atoms with Crippen LogP contribution in [0.4, 0.5) is 16.2 Å². The highest BCUT2D eigenvalue weighted by atomic mass is 127. The number of hydrogen-bond donors (Lipinski definition) is 4. The van der Waals surface area contributed by atoms with Gasteiger partial charge in [-0.05, 0) is 60.5 Å². The largest absolute Gasteiger partial charge is 0.490 e. The lowest BCUT2D eigenvalue weighted by atomic mass is 10.1. The standard InChI is InChI=1S/C28H33IN6O4/c1-19-15-24(26(16-20(19)18-29)38-14-13-35-11-9-31-10-12-35)34-28(37)33-21-3-5-22(6-4-21)39-23-7-8-32-25(17-23)27(36)30-2/h3-8,15-17,31H,9-14,18H2,1-2H3,(H,30,36)(H2,33,34,37). The number of alkyl halides is 1. The van der Waals surface area contributed by atoms with E-state index < -0.39 is 0 Å². The van der Waals surface area contributed by atoms with Crippen molar-refractivity contribution < 1.29 is 19.1 Å². The molecule has 3 amide bonds. The van der Waals surface area contributed by atoms with Gasteiger partial charge in [0, 0.05) is 62.1 Å². The molecule has 0 bridgehead atoms. The zero-order valence-electron chi connectivity index (χ0n) is 22.1. The third-order valence-electron chi connectivity index (χ3n) is 6.24. The van der Waals surface area contributed by atoms with Gasteiger partial charge in [-0.1, -0.05) is 22.6 Å². The average Bonchev–Trinajstić information content (AvgIpc) is 2.95. The molecule has 2 heterocycles. The molecule has 10 nitrogen and oxygen atoms in total. The number of amides is 3. The second-order valence-electron chi connectivity index (χ2n) is 9.01. The third kappa shape index (κ3) is 8.28. The number of rotatable bonds is 10. The van der Waals surface area contributed by atoms with Gasteiger partial charge in [-0.25, -0.2) is 4.79 Å². The fourth-order valence-corrected chi connectivity index (χ4v) is 4.89. The second kappa shape index (κ2) is 14.1. The zero-order chi connectivity index (χ0) is 27.6. The minimum absolute atomic E-state index is 0.263. The van der Waals surface area contributed by atoms with Crippen molar-refractivity contribution in [3.8, 4) is 17.2 Å². The van der Waals surface area contributed by atoms with Crippen LogP contribution in [0, 0.1) is 6.92 Å². The van der Waals surface area contributed by atoms with Gasteiger partial charge < -0.3 is 30.7 Å². The average molecular weight is 645 g/mol. The van der Waals surface area contributed by atoms with Crippen molar-refractivity contribution in [1.29, 1.82) is 0 Å². The molecule has 1 fully saturated rings. The number of piperazine rings is 1. The number of urea groups is 1. The van der Waals surface area contributed by atoms with E-state index in [0.29, 0.717) is 35.2 Å². The van der Waals surface area contributed by atoms with Crippen LogP contribution < -0.4 is 30.7 Å². The fraction of sp³-hybridized carbons (Fsp3) is 0.321. The fourth-order valence-electron chi connectivity index (χ4n) is 4.06. The minimum Gasteiger partial charge on any atom is -0.490 e. The first-order valence-corrected chi connectivity index (χ1v) is 14.3. The maximum Gasteiger partial charge on any atom is 0.323 e. The van der Waals surface area contributed by atoms with E-state index in [2.05, 4.69) is 53.7 Å². The molecular weight excluding hydrogens is 611 g/mol. The quantitative estimate of drug-likeness (QED) is 0.191. The molecule has 2 aromatic carbocycles. The summed E-state index contributed by atoms with van der Waals surface area (Å²) < 4.78 is 12.8. The van der Waals surface area contributed by atoms with E-state index in [9.17, 15) is 9.59 Å². The molecule has 0 saturated carbocycles. The lowest BCUT2D eigenvalue weighted by Gasteiger charge is -2.27. The van der Waals surface area contributed by atoms with Crippen molar-refractivity contribution in [3.05, 3.63) is 71.5 Å². The number of carbonyl (C=O) groups excluding carboxylic acids is 2. The van der Waals surface area contributed by atoms with Crippen LogP contribution in [0.1, 0.15) is 21.6 Å². The number of nitrogens with zero attached hydrogens (tertiary/aromatic N) is 2. The molecule has 11 heteroatoms. The Morgan fingerprint density at radius 2 is 1.82 bits per heavy atom. The Balaban J connectivity index is 1.36. The Labute approximate surface area is 242 Å². The van der Waals surface area contributed by atoms with Crippen molar-refractivity contribution in [2.45, 2.75) is 11.4 Å². The molecule has 1 aromatic heterocycles. The van der Waals surface area contributed by atoms with Crippen LogP contribution in [0.3, 0.4) is 0 Å². The van der Waals surface area contributed by atoms with E-state index in [1.165, 1.54) is 11.8 Å². The van der Waals surface area contributed by atoms with Crippen molar-refractivity contribution >= 4 is 45.9 Å². The predicted octanol–water partition coefficient (Wildman–Crippen LogP) is 4.40. The number of anilines is 2. The Bertz CT molecular complexity index is 1280. The van der Waals surface area contributed by atoms with Crippen molar-refractivity contribution in [1.82, 2.24) is 20.5 Å². The Hall–Kier alpha value is -3.42. The molecule has 206 valence electrons. The van der Waals surface area contributed by atoms with E-state index in [-0.39, 0.29) is 17.6 Å². The molecule has 39 heavy (non-hydrogen) atoms. The molecule has 4 N–H and O–H groups in total. The van der Waals surface area contributed by atoms with Crippen LogP contribution in [0.2, 0.25) is 0 Å². The maximum atomic E-state index is 12.9. The summed E-state index contributed by atoms with van der Waals surface area (Å²) in [6.45, 7) is 7.41. The first-order valence-electron chi connectivity index (χ1n) is 12.7. The molecule has 0 unspecified atom stereocenters. The number of aryl methyl sites for hydroxylation is 1. The summed E-state index contributed by atoms with van der Waals surface area (Å²) in [6.07, 6.45) is 1.51. The normalized spacial score (nSPS) is 13.4.